The molecule has 0 saturated heterocycles. The van der Waals surface area contributed by atoms with Gasteiger partial charge in [-0.3, -0.25) is 0 Å². The normalized spacial score (nSPS) is 9.82. The number of benzene rings is 2. The number of hydrogen-bond donors (Lipinski definition) is 0. The molecule has 0 heterocycles. The maximum Gasteiger partial charge on any atom is 0.358 e. The van der Waals surface area contributed by atoms with E-state index >= 15 is 0 Å². The molecule has 0 aliphatic heterocycles. The number of aryl methyl sites for hydroxylation is 2. The van der Waals surface area contributed by atoms with Crippen molar-refractivity contribution in [1.82, 2.24) is 0 Å². The molecule has 90 valence electrons. The molecular formula is C14H13BrClI. The number of hydrogen-bond acceptors (Lipinski definition) is 0. The van der Waals surface area contributed by atoms with Gasteiger partial charge in [0.05, 0.1) is 0 Å². The molecular weight excluding hydrogens is 410 g/mol. The fraction of sp³-hybridized carbons (Fsp3) is 0.143. The van der Waals surface area contributed by atoms with Crippen molar-refractivity contribution in [2.24, 2.45) is 0 Å². The average Bonchev–Trinajstić information content (AvgIpc) is 2.25. The van der Waals surface area contributed by atoms with Gasteiger partial charge in [0.25, 0.3) is 0 Å². The molecule has 17 heavy (non-hydrogen) atoms. The fourth-order valence-corrected chi connectivity index (χ4v) is 3.97. The first-order valence-corrected chi connectivity index (χ1v) is 7.66. The molecule has 0 N–H and O–H groups in total. The molecule has 0 aliphatic carbocycles. The van der Waals surface area contributed by atoms with Gasteiger partial charge in [0.2, 0.25) is 0 Å². The summed E-state index contributed by atoms with van der Waals surface area (Å²) >= 11 is 5.80. The van der Waals surface area contributed by atoms with E-state index in [-0.39, 0.29) is 38.2 Å². The average molecular weight is 424 g/mol. The van der Waals surface area contributed by atoms with Crippen LogP contribution in [0.1, 0.15) is 11.1 Å². The van der Waals surface area contributed by atoms with E-state index in [4.69, 9.17) is 11.6 Å². The summed E-state index contributed by atoms with van der Waals surface area (Å²) in [5.74, 6) is 0. The monoisotopic (exact) mass is 422 g/mol. The third-order valence-corrected chi connectivity index (χ3v) is 5.71. The van der Waals surface area contributed by atoms with Gasteiger partial charge >= 0.3 is 21.2 Å². The zero-order valence-corrected chi connectivity index (χ0v) is 14.2. The van der Waals surface area contributed by atoms with Gasteiger partial charge in [0, 0.05) is 10.6 Å². The smallest absolute Gasteiger partial charge is 0.358 e. The second-order valence-corrected chi connectivity index (χ2v) is 7.17. The first kappa shape index (κ1) is 15.0. The highest BCUT2D eigenvalue weighted by molar-refractivity contribution is 6.30. The summed E-state index contributed by atoms with van der Waals surface area (Å²) < 4.78 is 2.90. The van der Waals surface area contributed by atoms with Crippen molar-refractivity contribution in [3.05, 3.63) is 65.8 Å². The van der Waals surface area contributed by atoms with E-state index in [0.717, 1.165) is 5.02 Å². The highest BCUT2D eigenvalue weighted by atomic mass is 127. The maximum atomic E-state index is 5.88. The van der Waals surface area contributed by atoms with Gasteiger partial charge in [-0.15, -0.1) is 0 Å². The summed E-state index contributed by atoms with van der Waals surface area (Å²) in [7, 11) is 0. The lowest BCUT2D eigenvalue weighted by Gasteiger charge is -1.95. The molecule has 0 aromatic heterocycles. The van der Waals surface area contributed by atoms with E-state index < -0.39 is 0 Å². The molecule has 0 atom stereocenters. The van der Waals surface area contributed by atoms with Crippen molar-refractivity contribution in [1.29, 1.82) is 0 Å². The molecule has 0 saturated carbocycles. The largest absolute Gasteiger partial charge is 1.00 e. The fourth-order valence-electron chi connectivity index (χ4n) is 1.51. The Labute approximate surface area is 128 Å². The van der Waals surface area contributed by atoms with Crippen LogP contribution in [0.4, 0.5) is 0 Å². The van der Waals surface area contributed by atoms with Crippen LogP contribution < -0.4 is 38.2 Å². The lowest BCUT2D eigenvalue weighted by atomic mass is 10.2. The lowest BCUT2D eigenvalue weighted by molar-refractivity contribution is -0.598. The predicted octanol–water partition coefficient (Wildman–Crippen LogP) is -1.91. The number of rotatable bonds is 2. The second-order valence-electron chi connectivity index (χ2n) is 3.78. The third kappa shape index (κ3) is 4.27. The molecule has 0 radical (unpaired) electrons. The molecule has 3 heteroatoms. The summed E-state index contributed by atoms with van der Waals surface area (Å²) in [5.41, 5.74) is 2.74. The number of halogens is 3. The van der Waals surface area contributed by atoms with E-state index in [1.165, 1.54) is 18.3 Å². The summed E-state index contributed by atoms with van der Waals surface area (Å²) in [4.78, 5) is 0. The Hall–Kier alpha value is -0.0600. The Morgan fingerprint density at radius 3 is 2.18 bits per heavy atom. The van der Waals surface area contributed by atoms with Gasteiger partial charge in [-0.05, 0) is 44.2 Å². The van der Waals surface area contributed by atoms with Crippen LogP contribution in [0.15, 0.2) is 42.5 Å². The first-order chi connectivity index (χ1) is 7.65. The molecule has 0 fully saturated rings. The lowest BCUT2D eigenvalue weighted by Crippen LogP contribution is -3.61. The maximum absolute atomic E-state index is 5.88. The summed E-state index contributed by atoms with van der Waals surface area (Å²) in [6.45, 7) is 4.33. The Morgan fingerprint density at radius 1 is 0.941 bits per heavy atom. The van der Waals surface area contributed by atoms with E-state index in [2.05, 4.69) is 44.2 Å². The highest BCUT2D eigenvalue weighted by Gasteiger charge is 2.17. The topological polar surface area (TPSA) is 0 Å². The van der Waals surface area contributed by atoms with Crippen LogP contribution in [0.3, 0.4) is 0 Å². The van der Waals surface area contributed by atoms with Crippen LogP contribution in [0.25, 0.3) is 0 Å². The van der Waals surface area contributed by atoms with Crippen LogP contribution in [-0.4, -0.2) is 0 Å². The second kappa shape index (κ2) is 6.76. The molecule has 0 aliphatic rings. The van der Waals surface area contributed by atoms with Crippen molar-refractivity contribution in [3.8, 4) is 0 Å². The third-order valence-electron chi connectivity index (χ3n) is 2.33. The molecule has 2 rings (SSSR count). The van der Waals surface area contributed by atoms with E-state index in [9.17, 15) is 0 Å². The summed E-state index contributed by atoms with van der Waals surface area (Å²) in [6, 6.07) is 14.9. The zero-order chi connectivity index (χ0) is 11.5. The van der Waals surface area contributed by atoms with Crippen molar-refractivity contribution in [2.75, 3.05) is 0 Å². The minimum atomic E-state index is -0.0772. The molecule has 2 aromatic rings. The highest BCUT2D eigenvalue weighted by Crippen LogP contribution is 2.05. The standard InChI is InChI=1S/C14H13ClI.BrH/c1-10-3-8-14(11(2)9-10)16-13-6-4-12(15)5-7-13;/h3-9H,1-2H3;1H/q+1;/p-1. The SMILES string of the molecule is Cc1ccc([I+]c2ccc(Cl)cc2)c(C)c1.[Br-]. The Kier molecular flexibility index (Phi) is 5.97. The predicted molar refractivity (Wildman–Crippen MR) is 64.8 cm³/mol. The Morgan fingerprint density at radius 2 is 1.59 bits per heavy atom. The van der Waals surface area contributed by atoms with Crippen molar-refractivity contribution < 1.29 is 38.2 Å². The zero-order valence-electron chi connectivity index (χ0n) is 9.68. The van der Waals surface area contributed by atoms with E-state index in [1.807, 2.05) is 12.1 Å². The molecule has 0 bridgehead atoms. The first-order valence-electron chi connectivity index (χ1n) is 5.13. The van der Waals surface area contributed by atoms with Crippen molar-refractivity contribution in [2.45, 2.75) is 13.8 Å². The summed E-state index contributed by atoms with van der Waals surface area (Å²) in [5, 5.41) is 0.813. The van der Waals surface area contributed by atoms with Gasteiger partial charge in [-0.25, -0.2) is 0 Å². The quantitative estimate of drug-likeness (QED) is 0.495. The summed E-state index contributed by atoms with van der Waals surface area (Å²) in [6.07, 6.45) is 0. The van der Waals surface area contributed by atoms with Gasteiger partial charge < -0.3 is 17.0 Å². The molecule has 2 aromatic carbocycles. The molecule has 0 unspecified atom stereocenters. The van der Waals surface area contributed by atoms with Crippen LogP contribution in [0.2, 0.25) is 5.02 Å². The van der Waals surface area contributed by atoms with E-state index in [0.29, 0.717) is 0 Å². The molecule has 0 amide bonds. The van der Waals surface area contributed by atoms with Gasteiger partial charge in [0.15, 0.2) is 7.14 Å². The Balaban J connectivity index is 0.00000144. The van der Waals surface area contributed by atoms with Crippen LogP contribution in [-0.2, 0) is 0 Å². The molecule has 0 spiro atoms. The van der Waals surface area contributed by atoms with Gasteiger partial charge in [-0.2, -0.15) is 0 Å². The Bertz CT molecular complexity index is 494. The van der Waals surface area contributed by atoms with Crippen LogP contribution in [0, 0.1) is 21.0 Å². The minimum absolute atomic E-state index is 0. The van der Waals surface area contributed by atoms with Crippen LogP contribution in [0.5, 0.6) is 0 Å². The minimum Gasteiger partial charge on any atom is -1.00 e. The van der Waals surface area contributed by atoms with E-state index in [1.54, 1.807) is 0 Å². The van der Waals surface area contributed by atoms with Crippen molar-refractivity contribution >= 4 is 11.6 Å². The van der Waals surface area contributed by atoms with Crippen LogP contribution >= 0.6 is 11.6 Å². The molecule has 0 nitrogen and oxygen atoms in total. The van der Waals surface area contributed by atoms with Gasteiger partial charge in [0.1, 0.15) is 0 Å². The van der Waals surface area contributed by atoms with Crippen molar-refractivity contribution in [3.63, 3.8) is 0 Å². The van der Waals surface area contributed by atoms with Gasteiger partial charge in [-0.1, -0.05) is 29.3 Å².